The van der Waals surface area contributed by atoms with Gasteiger partial charge in [0.1, 0.15) is 0 Å². The summed E-state index contributed by atoms with van der Waals surface area (Å²) in [5, 5.41) is 38.9. The van der Waals surface area contributed by atoms with Crippen LogP contribution < -0.4 is 10.6 Å². The number of carboxylic acid groups (broad SMARTS) is 1. The monoisotopic (exact) mass is 254 g/mol. The maximum atomic E-state index is 10.1. The van der Waals surface area contributed by atoms with Crippen molar-refractivity contribution in [3.05, 3.63) is 0 Å². The van der Waals surface area contributed by atoms with E-state index in [1.54, 1.807) is 0 Å². The summed E-state index contributed by atoms with van der Waals surface area (Å²) < 4.78 is 0. The second-order valence-corrected chi connectivity index (χ2v) is 3.36. The summed E-state index contributed by atoms with van der Waals surface area (Å²) in [5.41, 5.74) is 0. The highest BCUT2D eigenvalue weighted by molar-refractivity contribution is 5.64. The molecule has 0 aromatic carbocycles. The van der Waals surface area contributed by atoms with Gasteiger partial charge in [0, 0.05) is 19.1 Å². The fourth-order valence-electron chi connectivity index (χ4n) is 1.11. The number of aliphatic hydroxyl groups excluding tert-OH is 1. The van der Waals surface area contributed by atoms with Crippen LogP contribution in [0.3, 0.4) is 0 Å². The first-order chi connectivity index (χ1) is 8.10. The predicted molar refractivity (Wildman–Crippen MR) is 55.6 cm³/mol. The lowest BCUT2D eigenvalue weighted by atomic mass is 10.2. The van der Waals surface area contributed by atoms with E-state index in [4.69, 9.17) is 15.6 Å². The highest BCUT2D eigenvalue weighted by atomic mass is 17.1. The Kier molecular flexibility index (Phi) is 9.62. The van der Waals surface area contributed by atoms with Gasteiger partial charge in [0.25, 0.3) is 0 Å². The van der Waals surface area contributed by atoms with Crippen LogP contribution in [-0.4, -0.2) is 65.3 Å². The molecule has 0 radical (unpaired) electrons. The van der Waals surface area contributed by atoms with Crippen LogP contribution >= 0.6 is 0 Å². The number of nitrogens with one attached hydrogen (secondary N) is 2. The van der Waals surface area contributed by atoms with E-state index in [9.17, 15) is 9.90 Å². The van der Waals surface area contributed by atoms with Crippen molar-refractivity contribution < 1.29 is 35.3 Å². The normalized spacial score (nSPS) is 14.3. The lowest BCUT2D eigenvalue weighted by Crippen LogP contribution is -2.43. The lowest BCUT2D eigenvalue weighted by Gasteiger charge is -2.18. The number of hydrogen-bond donors (Lipinski definition) is 6. The molecule has 17 heavy (non-hydrogen) atoms. The summed E-state index contributed by atoms with van der Waals surface area (Å²) in [6, 6.07) is -0.327. The summed E-state index contributed by atoms with van der Waals surface area (Å²) in [5.74, 6) is 0. The molecule has 0 aromatic rings. The average Bonchev–Trinajstić information content (AvgIpc) is 2.30. The van der Waals surface area contributed by atoms with Gasteiger partial charge in [-0.2, -0.15) is 0 Å². The van der Waals surface area contributed by atoms with E-state index in [0.29, 0.717) is 6.42 Å². The van der Waals surface area contributed by atoms with Gasteiger partial charge in [0.15, 0.2) is 0 Å². The first-order valence-electron chi connectivity index (χ1n) is 5.01. The second-order valence-electron chi connectivity index (χ2n) is 3.36. The standard InChI is InChI=1S/C8H18N2O7/c11-7(4-10-8(12)13)3-9-6(5-17-15)1-2-16-14/h6-7,9-11,14-15H,1-5H2,(H,12,13). The van der Waals surface area contributed by atoms with E-state index < -0.39 is 12.2 Å². The number of rotatable bonds is 10. The van der Waals surface area contributed by atoms with Gasteiger partial charge in [0.2, 0.25) is 0 Å². The van der Waals surface area contributed by atoms with E-state index in [1.807, 2.05) is 5.32 Å². The highest BCUT2D eigenvalue weighted by Crippen LogP contribution is 1.94. The van der Waals surface area contributed by atoms with Gasteiger partial charge >= 0.3 is 6.09 Å². The number of aliphatic hydroxyl groups is 1. The molecule has 1 amide bonds. The molecule has 9 nitrogen and oxygen atoms in total. The summed E-state index contributed by atoms with van der Waals surface area (Å²) >= 11 is 0. The Morgan fingerprint density at radius 1 is 1.24 bits per heavy atom. The summed E-state index contributed by atoms with van der Waals surface area (Å²) in [7, 11) is 0. The zero-order valence-electron chi connectivity index (χ0n) is 9.20. The number of carbonyl (C=O) groups is 1. The van der Waals surface area contributed by atoms with Crippen molar-refractivity contribution in [3.8, 4) is 0 Å². The summed E-state index contributed by atoms with van der Waals surface area (Å²) in [4.78, 5) is 18.0. The van der Waals surface area contributed by atoms with Crippen LogP contribution in [0.4, 0.5) is 4.79 Å². The van der Waals surface area contributed by atoms with Crippen LogP contribution in [0.25, 0.3) is 0 Å². The Labute approximate surface area is 97.8 Å². The van der Waals surface area contributed by atoms with Gasteiger partial charge in [-0.25, -0.2) is 14.6 Å². The Balaban J connectivity index is 3.73. The van der Waals surface area contributed by atoms with Crippen molar-refractivity contribution in [2.75, 3.05) is 26.3 Å². The second kappa shape index (κ2) is 10.2. The molecule has 2 atom stereocenters. The van der Waals surface area contributed by atoms with Crippen molar-refractivity contribution in [2.45, 2.75) is 18.6 Å². The van der Waals surface area contributed by atoms with Crippen molar-refractivity contribution in [3.63, 3.8) is 0 Å². The molecule has 0 saturated heterocycles. The molecule has 2 unspecified atom stereocenters. The molecule has 0 aliphatic rings. The van der Waals surface area contributed by atoms with Crippen molar-refractivity contribution in [1.29, 1.82) is 0 Å². The topological polar surface area (TPSA) is 141 Å². The molecule has 0 fully saturated rings. The maximum Gasteiger partial charge on any atom is 0.404 e. The first kappa shape index (κ1) is 16.0. The number of hydrogen-bond acceptors (Lipinski definition) is 7. The van der Waals surface area contributed by atoms with E-state index in [2.05, 4.69) is 15.1 Å². The maximum absolute atomic E-state index is 10.1. The molecule has 9 heteroatoms. The minimum Gasteiger partial charge on any atom is -0.465 e. The zero-order valence-corrected chi connectivity index (χ0v) is 9.20. The number of amides is 1. The molecular weight excluding hydrogens is 236 g/mol. The molecule has 0 saturated carbocycles. The van der Waals surface area contributed by atoms with Crippen LogP contribution in [0, 0.1) is 0 Å². The smallest absolute Gasteiger partial charge is 0.404 e. The zero-order chi connectivity index (χ0) is 13.1. The predicted octanol–water partition coefficient (Wildman–Crippen LogP) is -1.06. The quantitative estimate of drug-likeness (QED) is 0.214. The molecule has 0 rings (SSSR count). The summed E-state index contributed by atoms with van der Waals surface area (Å²) in [6.07, 6.45) is -1.76. The van der Waals surface area contributed by atoms with Crippen molar-refractivity contribution in [1.82, 2.24) is 10.6 Å². The van der Waals surface area contributed by atoms with Crippen LogP contribution in [-0.2, 0) is 9.78 Å². The van der Waals surface area contributed by atoms with Crippen LogP contribution in [0.2, 0.25) is 0 Å². The third-order valence-electron chi connectivity index (χ3n) is 1.96. The first-order valence-corrected chi connectivity index (χ1v) is 5.01. The largest absolute Gasteiger partial charge is 0.465 e. The molecule has 0 aliphatic carbocycles. The SMILES string of the molecule is O=C(O)NCC(O)CNC(CCOO)COO. The van der Waals surface area contributed by atoms with Gasteiger partial charge in [-0.05, 0) is 6.42 Å². The molecule has 102 valence electrons. The summed E-state index contributed by atoms with van der Waals surface area (Å²) in [6.45, 7) is 0.0121. The Morgan fingerprint density at radius 2 is 1.94 bits per heavy atom. The van der Waals surface area contributed by atoms with Crippen LogP contribution in [0.5, 0.6) is 0 Å². The molecule has 0 spiro atoms. The molecule has 0 aromatic heterocycles. The highest BCUT2D eigenvalue weighted by Gasteiger charge is 2.12. The molecular formula is C8H18N2O7. The Hall–Kier alpha value is -0.970. The van der Waals surface area contributed by atoms with Gasteiger partial charge in [-0.1, -0.05) is 0 Å². The third kappa shape index (κ3) is 9.93. The minimum absolute atomic E-state index is 0.0392. The van der Waals surface area contributed by atoms with Crippen LogP contribution in [0.15, 0.2) is 0 Å². The lowest BCUT2D eigenvalue weighted by molar-refractivity contribution is -0.257. The van der Waals surface area contributed by atoms with Gasteiger partial charge in [-0.15, -0.1) is 0 Å². The molecule has 0 aliphatic heterocycles. The fraction of sp³-hybridized carbons (Fsp3) is 0.875. The van der Waals surface area contributed by atoms with Gasteiger partial charge in [0.05, 0.1) is 19.3 Å². The Morgan fingerprint density at radius 3 is 2.47 bits per heavy atom. The van der Waals surface area contributed by atoms with E-state index in [1.165, 1.54) is 0 Å². The minimum atomic E-state index is -1.21. The van der Waals surface area contributed by atoms with Gasteiger partial charge in [-0.3, -0.25) is 10.5 Å². The van der Waals surface area contributed by atoms with Crippen LogP contribution in [0.1, 0.15) is 6.42 Å². The third-order valence-corrected chi connectivity index (χ3v) is 1.96. The fourth-order valence-corrected chi connectivity index (χ4v) is 1.11. The van der Waals surface area contributed by atoms with E-state index >= 15 is 0 Å². The molecule has 0 heterocycles. The average molecular weight is 254 g/mol. The molecule has 6 N–H and O–H groups in total. The van der Waals surface area contributed by atoms with Gasteiger partial charge < -0.3 is 20.8 Å². The van der Waals surface area contributed by atoms with Crippen molar-refractivity contribution in [2.24, 2.45) is 0 Å². The molecule has 0 bridgehead atoms. The Bertz CT molecular complexity index is 204. The van der Waals surface area contributed by atoms with E-state index in [0.717, 1.165) is 0 Å². The van der Waals surface area contributed by atoms with Crippen molar-refractivity contribution >= 4 is 6.09 Å². The van der Waals surface area contributed by atoms with E-state index in [-0.39, 0.29) is 32.3 Å².